The molecule has 0 amide bonds. The molecular formula is C29H36F3N3O4. The van der Waals surface area contributed by atoms with Crippen LogP contribution >= 0.6 is 0 Å². The molecule has 0 radical (unpaired) electrons. The smallest absolute Gasteiger partial charge is 0.419 e. The number of methoxy groups -OCH3 is 1. The van der Waals surface area contributed by atoms with Crippen LogP contribution in [-0.4, -0.2) is 70.6 Å². The van der Waals surface area contributed by atoms with Crippen LogP contribution in [0.15, 0.2) is 42.6 Å². The summed E-state index contributed by atoms with van der Waals surface area (Å²) < 4.78 is 52.5. The lowest BCUT2D eigenvalue weighted by Gasteiger charge is -2.31. The molecule has 1 fully saturated rings. The minimum absolute atomic E-state index is 0.128. The van der Waals surface area contributed by atoms with Gasteiger partial charge in [0.2, 0.25) is 0 Å². The van der Waals surface area contributed by atoms with Crippen LogP contribution in [-0.2, 0) is 11.3 Å². The molecule has 0 spiro atoms. The molecule has 2 heterocycles. The van der Waals surface area contributed by atoms with E-state index in [1.54, 1.807) is 25.4 Å². The molecule has 1 atom stereocenters. The van der Waals surface area contributed by atoms with Gasteiger partial charge < -0.3 is 14.6 Å². The Bertz CT molecular complexity index is 1310. The van der Waals surface area contributed by atoms with E-state index in [0.717, 1.165) is 22.1 Å². The fourth-order valence-corrected chi connectivity index (χ4v) is 5.27. The third kappa shape index (κ3) is 6.86. The number of phenols is 1. The Morgan fingerprint density at radius 3 is 2.38 bits per heavy atom. The molecule has 212 valence electrons. The zero-order chi connectivity index (χ0) is 28.5. The maximum atomic E-state index is 13.2. The maximum Gasteiger partial charge on any atom is 0.419 e. The van der Waals surface area contributed by atoms with Gasteiger partial charge in [0.15, 0.2) is 0 Å². The number of aromatic nitrogens is 1. The highest BCUT2D eigenvalue weighted by atomic mass is 19.4. The predicted molar refractivity (Wildman–Crippen MR) is 143 cm³/mol. The molecular weight excluding hydrogens is 511 g/mol. The normalized spacial score (nSPS) is 17.8. The van der Waals surface area contributed by atoms with Crippen molar-refractivity contribution in [3.8, 4) is 11.5 Å². The average molecular weight is 548 g/mol. The van der Waals surface area contributed by atoms with Crippen LogP contribution in [0.4, 0.5) is 18.0 Å². The van der Waals surface area contributed by atoms with E-state index in [1.165, 1.54) is 9.47 Å². The third-order valence-electron chi connectivity index (χ3n) is 6.95. The molecule has 1 N–H and O–H groups in total. The second-order valence-corrected chi connectivity index (χ2v) is 11.1. The van der Waals surface area contributed by atoms with Gasteiger partial charge in [0, 0.05) is 49.4 Å². The number of halogens is 3. The van der Waals surface area contributed by atoms with Crippen LogP contribution in [0.1, 0.15) is 49.9 Å². The van der Waals surface area contributed by atoms with Crippen LogP contribution in [0.25, 0.3) is 10.9 Å². The van der Waals surface area contributed by atoms with E-state index in [-0.39, 0.29) is 24.9 Å². The Hall–Kier alpha value is -3.24. The van der Waals surface area contributed by atoms with Crippen molar-refractivity contribution in [2.75, 3.05) is 33.3 Å². The molecule has 39 heavy (non-hydrogen) atoms. The van der Waals surface area contributed by atoms with E-state index in [0.29, 0.717) is 30.8 Å². The molecule has 1 aromatic heterocycles. The first-order chi connectivity index (χ1) is 18.3. The number of aryl methyl sites for hydroxylation is 1. The number of hydrogen-bond acceptors (Lipinski definition) is 6. The molecule has 1 unspecified atom stereocenters. The number of nitrogens with zero attached hydrogens (tertiary/aromatic N) is 3. The minimum Gasteiger partial charge on any atom is -0.508 e. The lowest BCUT2D eigenvalue weighted by atomic mass is 9.99. The van der Waals surface area contributed by atoms with Gasteiger partial charge in [-0.1, -0.05) is 12.1 Å². The summed E-state index contributed by atoms with van der Waals surface area (Å²) in [7, 11) is 1.58. The Morgan fingerprint density at radius 1 is 1.08 bits per heavy atom. The van der Waals surface area contributed by atoms with E-state index in [4.69, 9.17) is 9.47 Å². The molecule has 7 nitrogen and oxygen atoms in total. The summed E-state index contributed by atoms with van der Waals surface area (Å²) in [5, 5.41) is 10.6. The van der Waals surface area contributed by atoms with Gasteiger partial charge in [-0.2, -0.15) is 13.2 Å². The average Bonchev–Trinajstić information content (AvgIpc) is 3.20. The van der Waals surface area contributed by atoms with E-state index in [2.05, 4.69) is 4.90 Å². The second-order valence-electron chi connectivity index (χ2n) is 11.1. The highest BCUT2D eigenvalue weighted by Gasteiger charge is 2.34. The van der Waals surface area contributed by atoms with E-state index < -0.39 is 24.4 Å². The molecule has 0 bridgehead atoms. The molecule has 1 aliphatic heterocycles. The van der Waals surface area contributed by atoms with Crippen molar-refractivity contribution < 1.29 is 32.5 Å². The second kappa shape index (κ2) is 11.1. The largest absolute Gasteiger partial charge is 0.508 e. The highest BCUT2D eigenvalue weighted by molar-refractivity contribution is 5.95. The van der Waals surface area contributed by atoms with Crippen LogP contribution in [0.2, 0.25) is 0 Å². The number of phenolic OH excluding ortho intramolecular Hbond substituents is 1. The van der Waals surface area contributed by atoms with Crippen LogP contribution in [0.5, 0.6) is 11.5 Å². The summed E-state index contributed by atoms with van der Waals surface area (Å²) >= 11 is 0. The van der Waals surface area contributed by atoms with Crippen molar-refractivity contribution >= 4 is 17.0 Å². The lowest BCUT2D eigenvalue weighted by molar-refractivity contribution is -0.145. The van der Waals surface area contributed by atoms with Crippen LogP contribution in [0.3, 0.4) is 0 Å². The van der Waals surface area contributed by atoms with Crippen molar-refractivity contribution in [2.24, 2.45) is 0 Å². The number of ether oxygens (including phenoxy) is 2. The van der Waals surface area contributed by atoms with Crippen LogP contribution < -0.4 is 4.74 Å². The Morgan fingerprint density at radius 2 is 1.77 bits per heavy atom. The SMILES string of the molecule is COc1cc(C)c2c(ccn2C(=O)OC(C)(C)C)c1CN1CCN(CC(F)(F)F)CCC1c1ccc(O)cc1. The van der Waals surface area contributed by atoms with Gasteiger partial charge in [0.05, 0.1) is 19.2 Å². The van der Waals surface area contributed by atoms with E-state index in [9.17, 15) is 23.1 Å². The van der Waals surface area contributed by atoms with Crippen molar-refractivity contribution in [1.29, 1.82) is 0 Å². The summed E-state index contributed by atoms with van der Waals surface area (Å²) in [5.74, 6) is 0.769. The van der Waals surface area contributed by atoms with Gasteiger partial charge >= 0.3 is 12.3 Å². The first-order valence-electron chi connectivity index (χ1n) is 13.0. The fraction of sp³-hybridized carbons (Fsp3) is 0.483. The number of benzene rings is 2. The van der Waals surface area contributed by atoms with E-state index in [1.807, 2.05) is 52.0 Å². The molecule has 0 saturated carbocycles. The summed E-state index contributed by atoms with van der Waals surface area (Å²) in [4.78, 5) is 16.6. The Balaban J connectivity index is 1.74. The van der Waals surface area contributed by atoms with Gasteiger partial charge in [0.25, 0.3) is 0 Å². The van der Waals surface area contributed by atoms with Gasteiger partial charge in [-0.05, 0) is 69.5 Å². The zero-order valence-electron chi connectivity index (χ0n) is 23.0. The summed E-state index contributed by atoms with van der Waals surface area (Å²) in [6, 6.07) is 10.4. The van der Waals surface area contributed by atoms with Crippen LogP contribution in [0, 0.1) is 6.92 Å². The number of alkyl halides is 3. The summed E-state index contributed by atoms with van der Waals surface area (Å²) in [6.45, 7) is 7.70. The van der Waals surface area contributed by atoms with Crippen molar-refractivity contribution in [2.45, 2.75) is 58.5 Å². The predicted octanol–water partition coefficient (Wildman–Crippen LogP) is 6.26. The van der Waals surface area contributed by atoms with Gasteiger partial charge in [-0.15, -0.1) is 0 Å². The molecule has 0 aliphatic carbocycles. The number of fused-ring (bicyclic) bond motifs is 1. The number of carbonyl (C=O) groups excluding carboxylic acids is 1. The Labute approximate surface area is 226 Å². The number of hydrogen-bond donors (Lipinski definition) is 1. The molecule has 2 aromatic carbocycles. The summed E-state index contributed by atoms with van der Waals surface area (Å²) in [5.41, 5.74) is 2.63. The fourth-order valence-electron chi connectivity index (χ4n) is 5.27. The highest BCUT2D eigenvalue weighted by Crippen LogP contribution is 2.37. The first kappa shape index (κ1) is 28.8. The van der Waals surface area contributed by atoms with Gasteiger partial charge in [-0.3, -0.25) is 14.4 Å². The Kier molecular flexibility index (Phi) is 8.18. The quantitative estimate of drug-likeness (QED) is 0.407. The standard InChI is InChI=1S/C29H36F3N3O4/c1-19-16-25(38-5)23(22-10-13-35(26(19)22)27(37)39-28(2,3)4)17-34-15-14-33(18-29(30,31)32)12-11-24(34)20-6-8-21(36)9-7-20/h6-10,13,16,24,36H,11-12,14-15,17-18H2,1-5H3. The zero-order valence-corrected chi connectivity index (χ0v) is 23.0. The minimum atomic E-state index is -4.28. The van der Waals surface area contributed by atoms with Gasteiger partial charge in [0.1, 0.15) is 17.1 Å². The molecule has 3 aromatic rings. The number of carbonyl (C=O) groups is 1. The van der Waals surface area contributed by atoms with Crippen molar-refractivity contribution in [1.82, 2.24) is 14.4 Å². The summed E-state index contributed by atoms with van der Waals surface area (Å²) in [6.07, 6.45) is -2.60. The molecule has 1 saturated heterocycles. The topological polar surface area (TPSA) is 67.2 Å². The third-order valence-corrected chi connectivity index (χ3v) is 6.95. The number of aromatic hydroxyl groups is 1. The monoisotopic (exact) mass is 547 g/mol. The lowest BCUT2D eigenvalue weighted by Crippen LogP contribution is -2.37. The molecule has 10 heteroatoms. The van der Waals surface area contributed by atoms with Gasteiger partial charge in [-0.25, -0.2) is 4.79 Å². The van der Waals surface area contributed by atoms with Crippen molar-refractivity contribution in [3.63, 3.8) is 0 Å². The van der Waals surface area contributed by atoms with E-state index >= 15 is 0 Å². The molecule has 4 rings (SSSR count). The van der Waals surface area contributed by atoms with Crippen molar-refractivity contribution in [3.05, 3.63) is 59.3 Å². The number of rotatable bonds is 5. The molecule has 1 aliphatic rings. The maximum absolute atomic E-state index is 13.2. The first-order valence-corrected chi connectivity index (χ1v) is 13.0.